The van der Waals surface area contributed by atoms with Crippen LogP contribution in [0.4, 0.5) is 5.69 Å². The molecule has 0 amide bonds. The molecule has 1 atom stereocenters. The van der Waals surface area contributed by atoms with E-state index in [0.717, 1.165) is 28.6 Å². The van der Waals surface area contributed by atoms with Crippen molar-refractivity contribution in [3.05, 3.63) is 28.8 Å². The highest BCUT2D eigenvalue weighted by Gasteiger charge is 2.17. The van der Waals surface area contributed by atoms with Gasteiger partial charge in [-0.1, -0.05) is 6.07 Å². The molecule has 0 fully saturated rings. The van der Waals surface area contributed by atoms with Crippen molar-refractivity contribution in [2.45, 2.75) is 32.7 Å². The largest absolute Gasteiger partial charge is 0.469 e. The number of rotatable bonds is 7. The van der Waals surface area contributed by atoms with Gasteiger partial charge in [0, 0.05) is 11.7 Å². The molecule has 0 saturated carbocycles. The molecule has 3 N–H and O–H groups in total. The summed E-state index contributed by atoms with van der Waals surface area (Å²) in [5.41, 5.74) is 9.91. The number of hydrogen-bond acceptors (Lipinski definition) is 5. The van der Waals surface area contributed by atoms with Gasteiger partial charge < -0.3 is 20.5 Å². The summed E-state index contributed by atoms with van der Waals surface area (Å²) in [6, 6.07) is 3.70. The van der Waals surface area contributed by atoms with Crippen molar-refractivity contribution in [3.8, 4) is 0 Å². The molecular weight excluding hydrogens is 255 g/mol. The number of carbonyl (C=O) groups is 2. The first kappa shape index (κ1) is 16.2. The van der Waals surface area contributed by atoms with Gasteiger partial charge in [0.25, 0.3) is 7.41 Å². The zero-order valence-corrected chi connectivity index (χ0v) is 12.2. The molecule has 0 aliphatic carbocycles. The zero-order valence-electron chi connectivity index (χ0n) is 12.2. The molecule has 0 saturated heterocycles. The summed E-state index contributed by atoms with van der Waals surface area (Å²) in [5, 5.41) is 3.05. The van der Waals surface area contributed by atoms with Crippen LogP contribution in [-0.4, -0.2) is 32.7 Å². The molecular formula is C14H21BN2O3. The first-order chi connectivity index (χ1) is 9.49. The molecule has 0 aromatic heterocycles. The second-order valence-electron chi connectivity index (χ2n) is 4.83. The maximum absolute atomic E-state index is 11.4. The third-order valence-electron chi connectivity index (χ3n) is 3.46. The SMILES string of the molecule is COC(=O)C[C@H](Cc1c(C)ccc(N)c1C)NBC=O. The van der Waals surface area contributed by atoms with E-state index in [-0.39, 0.29) is 25.8 Å². The predicted molar refractivity (Wildman–Crippen MR) is 81.5 cm³/mol. The highest BCUT2D eigenvalue weighted by Crippen LogP contribution is 2.22. The van der Waals surface area contributed by atoms with E-state index in [0.29, 0.717) is 6.42 Å². The minimum Gasteiger partial charge on any atom is -0.469 e. The van der Waals surface area contributed by atoms with Gasteiger partial charge >= 0.3 is 5.97 Å². The topological polar surface area (TPSA) is 81.4 Å². The van der Waals surface area contributed by atoms with Crippen LogP contribution in [-0.2, 0) is 20.7 Å². The second kappa shape index (κ2) is 7.70. The summed E-state index contributed by atoms with van der Waals surface area (Å²) in [5.74, 6) is -0.299. The van der Waals surface area contributed by atoms with Crippen LogP contribution >= 0.6 is 0 Å². The fourth-order valence-corrected chi connectivity index (χ4v) is 2.19. The van der Waals surface area contributed by atoms with Crippen molar-refractivity contribution in [3.63, 3.8) is 0 Å². The zero-order chi connectivity index (χ0) is 15.1. The fraction of sp³-hybridized carbons (Fsp3) is 0.429. The van der Waals surface area contributed by atoms with E-state index in [1.54, 1.807) is 0 Å². The maximum Gasteiger partial charge on any atom is 0.307 e. The minimum atomic E-state index is -0.299. The molecule has 0 bridgehead atoms. The Morgan fingerprint density at radius 2 is 2.20 bits per heavy atom. The maximum atomic E-state index is 11.4. The van der Waals surface area contributed by atoms with Crippen molar-refractivity contribution in [2.24, 2.45) is 0 Å². The number of esters is 1. The van der Waals surface area contributed by atoms with E-state index in [2.05, 4.69) is 5.23 Å². The molecule has 0 heterocycles. The standard InChI is InChI=1S/C14H21BN2O3/c1-9-4-5-13(16)10(2)12(9)6-11(17-15-8-18)7-14(19)20-3/h4-5,8,11,15,17H,6-7,16H2,1-3H3/t11-/m0/s1. The van der Waals surface area contributed by atoms with Crippen LogP contribution in [0.25, 0.3) is 0 Å². The molecule has 0 aliphatic heterocycles. The Bertz CT molecular complexity index is 492. The monoisotopic (exact) mass is 276 g/mol. The summed E-state index contributed by atoms with van der Waals surface area (Å²) >= 11 is 0. The van der Waals surface area contributed by atoms with Gasteiger partial charge in [-0.25, -0.2) is 0 Å². The van der Waals surface area contributed by atoms with E-state index >= 15 is 0 Å². The van der Waals surface area contributed by atoms with Crippen LogP contribution in [0.3, 0.4) is 0 Å². The van der Waals surface area contributed by atoms with Crippen molar-refractivity contribution >= 4 is 25.3 Å². The number of aryl methyl sites for hydroxylation is 1. The summed E-state index contributed by atoms with van der Waals surface area (Å²) in [6.07, 6.45) is 1.63. The van der Waals surface area contributed by atoms with Crippen LogP contribution in [0.15, 0.2) is 12.1 Å². The molecule has 0 spiro atoms. The van der Waals surface area contributed by atoms with Crippen LogP contribution in [0, 0.1) is 13.8 Å². The van der Waals surface area contributed by atoms with E-state index in [1.165, 1.54) is 7.11 Å². The third kappa shape index (κ3) is 4.38. The first-order valence-electron chi connectivity index (χ1n) is 6.58. The molecule has 1 aromatic rings. The van der Waals surface area contributed by atoms with Gasteiger partial charge in [0.1, 0.15) is 0 Å². The number of nitrogens with two attached hydrogens (primary N) is 1. The Kier molecular flexibility index (Phi) is 6.25. The molecule has 0 unspecified atom stereocenters. The van der Waals surface area contributed by atoms with Crippen molar-refractivity contribution < 1.29 is 14.3 Å². The number of ether oxygens (including phenoxy) is 1. The van der Waals surface area contributed by atoms with Gasteiger partial charge in [-0.2, -0.15) is 0 Å². The number of methoxy groups -OCH3 is 1. The highest BCUT2D eigenvalue weighted by atomic mass is 16.5. The second-order valence-corrected chi connectivity index (χ2v) is 4.83. The number of carbonyl (C=O) groups excluding carboxylic acids is 2. The molecule has 1 rings (SSSR count). The van der Waals surface area contributed by atoms with Crippen molar-refractivity contribution in [1.29, 1.82) is 0 Å². The molecule has 0 radical (unpaired) electrons. The molecule has 1 aromatic carbocycles. The number of anilines is 1. The highest BCUT2D eigenvalue weighted by molar-refractivity contribution is 6.64. The Labute approximate surface area is 120 Å². The van der Waals surface area contributed by atoms with Crippen LogP contribution < -0.4 is 11.0 Å². The van der Waals surface area contributed by atoms with Gasteiger partial charge in [-0.15, -0.1) is 0 Å². The quantitative estimate of drug-likeness (QED) is 0.328. The van der Waals surface area contributed by atoms with Crippen LogP contribution in [0.1, 0.15) is 23.1 Å². The van der Waals surface area contributed by atoms with Gasteiger partial charge in [0.2, 0.25) is 0 Å². The molecule has 20 heavy (non-hydrogen) atoms. The Morgan fingerprint density at radius 1 is 1.50 bits per heavy atom. The van der Waals surface area contributed by atoms with Gasteiger partial charge in [0.15, 0.2) is 0 Å². The summed E-state index contributed by atoms with van der Waals surface area (Å²) in [7, 11) is 1.57. The molecule has 108 valence electrons. The lowest BCUT2D eigenvalue weighted by atomic mass is 9.89. The first-order valence-corrected chi connectivity index (χ1v) is 6.58. The van der Waals surface area contributed by atoms with E-state index < -0.39 is 0 Å². The molecule has 6 heteroatoms. The predicted octanol–water partition coefficient (Wildman–Crippen LogP) is 0.491. The van der Waals surface area contributed by atoms with Gasteiger partial charge in [-0.05, 0) is 43.0 Å². The minimum absolute atomic E-state index is 0.146. The van der Waals surface area contributed by atoms with E-state index in [1.807, 2.05) is 26.0 Å². The van der Waals surface area contributed by atoms with Gasteiger partial charge in [-0.3, -0.25) is 4.79 Å². The Morgan fingerprint density at radius 3 is 2.80 bits per heavy atom. The lowest BCUT2D eigenvalue weighted by molar-refractivity contribution is -0.141. The number of nitrogens with one attached hydrogen (secondary N) is 1. The number of benzene rings is 1. The number of hydrogen-bond donors (Lipinski definition) is 2. The molecule has 5 nitrogen and oxygen atoms in total. The Balaban J connectivity index is 2.91. The smallest absolute Gasteiger partial charge is 0.307 e. The normalized spacial score (nSPS) is 11.8. The molecule has 0 aliphatic rings. The fourth-order valence-electron chi connectivity index (χ4n) is 2.19. The summed E-state index contributed by atoms with van der Waals surface area (Å²) < 4.78 is 4.69. The van der Waals surface area contributed by atoms with Crippen LogP contribution in [0.5, 0.6) is 0 Å². The van der Waals surface area contributed by atoms with Crippen molar-refractivity contribution in [1.82, 2.24) is 5.23 Å². The van der Waals surface area contributed by atoms with E-state index in [4.69, 9.17) is 10.5 Å². The van der Waals surface area contributed by atoms with Crippen molar-refractivity contribution in [2.75, 3.05) is 12.8 Å². The lowest BCUT2D eigenvalue weighted by Gasteiger charge is -2.20. The Hall–Kier alpha value is -1.82. The third-order valence-corrected chi connectivity index (χ3v) is 3.46. The summed E-state index contributed by atoms with van der Waals surface area (Å²) in [6.45, 7) is 3.98. The summed E-state index contributed by atoms with van der Waals surface area (Å²) in [4.78, 5) is 21.9. The van der Waals surface area contributed by atoms with E-state index in [9.17, 15) is 9.59 Å². The number of nitrogen functional groups attached to an aromatic ring is 1. The average Bonchev–Trinajstić information content (AvgIpc) is 2.44. The van der Waals surface area contributed by atoms with Gasteiger partial charge in [0.05, 0.1) is 19.7 Å². The van der Waals surface area contributed by atoms with Crippen LogP contribution in [0.2, 0.25) is 0 Å². The lowest BCUT2D eigenvalue weighted by Crippen LogP contribution is -2.37. The average molecular weight is 276 g/mol.